The molecule has 0 unspecified atom stereocenters. The van der Waals surface area contributed by atoms with Crippen molar-refractivity contribution in [1.29, 1.82) is 0 Å². The van der Waals surface area contributed by atoms with Gasteiger partial charge in [-0.25, -0.2) is 23.1 Å². The zero-order valence-electron chi connectivity index (χ0n) is 21.3. The zero-order chi connectivity index (χ0) is 26.7. The molecule has 6 rings (SSSR count). The van der Waals surface area contributed by atoms with E-state index in [0.717, 1.165) is 12.8 Å². The average Bonchev–Trinajstić information content (AvgIpc) is 3.51. The number of fused-ring (bicyclic) bond motifs is 2. The summed E-state index contributed by atoms with van der Waals surface area (Å²) in [6, 6.07) is 3.58. The van der Waals surface area contributed by atoms with Gasteiger partial charge in [0.15, 0.2) is 0 Å². The second-order valence-corrected chi connectivity index (χ2v) is 10.0. The Morgan fingerprint density at radius 1 is 1.11 bits per heavy atom. The molecule has 1 saturated heterocycles. The molecule has 38 heavy (non-hydrogen) atoms. The number of halogens is 3. The summed E-state index contributed by atoms with van der Waals surface area (Å²) in [6.07, 6.45) is 1.72. The van der Waals surface area contributed by atoms with Gasteiger partial charge in [0.2, 0.25) is 5.91 Å². The molecule has 4 aromatic rings. The first-order chi connectivity index (χ1) is 18.2. The topological polar surface area (TPSA) is 78.1 Å². The molecule has 0 aliphatic carbocycles. The molecule has 0 N–H and O–H groups in total. The number of carbonyl (C=O) groups is 1. The predicted molar refractivity (Wildman–Crippen MR) is 134 cm³/mol. The van der Waals surface area contributed by atoms with Crippen molar-refractivity contribution < 1.29 is 22.7 Å². The van der Waals surface area contributed by atoms with Gasteiger partial charge in [0, 0.05) is 61.5 Å². The van der Waals surface area contributed by atoms with Crippen molar-refractivity contribution in [2.24, 2.45) is 7.05 Å². The third-order valence-electron chi connectivity index (χ3n) is 7.56. The van der Waals surface area contributed by atoms with Gasteiger partial charge in [-0.05, 0) is 38.0 Å². The number of hydrogen-bond acceptors (Lipinski definition) is 5. The maximum absolute atomic E-state index is 15.7. The molecule has 5 heterocycles. The largest absolute Gasteiger partial charge is 0.381 e. The summed E-state index contributed by atoms with van der Waals surface area (Å²) < 4.78 is 53.3. The second-order valence-electron chi connectivity index (χ2n) is 10.0. The van der Waals surface area contributed by atoms with Gasteiger partial charge in [-0.3, -0.25) is 9.48 Å². The first kappa shape index (κ1) is 24.6. The summed E-state index contributed by atoms with van der Waals surface area (Å²) in [7, 11) is 3.39. The van der Waals surface area contributed by atoms with Gasteiger partial charge in [-0.1, -0.05) is 0 Å². The number of imidazole rings is 1. The summed E-state index contributed by atoms with van der Waals surface area (Å²) in [6.45, 7) is 3.19. The Morgan fingerprint density at radius 2 is 1.87 bits per heavy atom. The van der Waals surface area contributed by atoms with Crippen LogP contribution in [0.5, 0.6) is 0 Å². The first-order valence-electron chi connectivity index (χ1n) is 12.6. The van der Waals surface area contributed by atoms with Crippen molar-refractivity contribution >= 4 is 16.8 Å². The molecule has 0 saturated carbocycles. The number of pyridine rings is 1. The molecule has 3 aromatic heterocycles. The summed E-state index contributed by atoms with van der Waals surface area (Å²) in [5.41, 5.74) is 1.77. The molecule has 198 valence electrons. The van der Waals surface area contributed by atoms with Gasteiger partial charge < -0.3 is 14.2 Å². The highest BCUT2D eigenvalue weighted by molar-refractivity contribution is 5.97. The normalized spacial score (nSPS) is 18.6. The second kappa shape index (κ2) is 9.23. The molecule has 0 bridgehead atoms. The van der Waals surface area contributed by atoms with E-state index in [1.165, 1.54) is 29.1 Å². The van der Waals surface area contributed by atoms with E-state index in [0.29, 0.717) is 41.5 Å². The summed E-state index contributed by atoms with van der Waals surface area (Å²) >= 11 is 0. The Bertz CT molecular complexity index is 1560. The Labute approximate surface area is 217 Å². The molecule has 1 aromatic carbocycles. The first-order valence-corrected chi connectivity index (χ1v) is 12.6. The number of hydrogen-bond donors (Lipinski definition) is 0. The Hall–Kier alpha value is -3.73. The van der Waals surface area contributed by atoms with E-state index in [1.54, 1.807) is 25.2 Å². The number of rotatable bonds is 4. The van der Waals surface area contributed by atoms with Gasteiger partial charge >= 0.3 is 0 Å². The summed E-state index contributed by atoms with van der Waals surface area (Å²) in [4.78, 5) is 24.0. The van der Waals surface area contributed by atoms with E-state index in [2.05, 4.69) is 10.1 Å². The molecule has 1 atom stereocenters. The Morgan fingerprint density at radius 3 is 2.55 bits per heavy atom. The van der Waals surface area contributed by atoms with E-state index < -0.39 is 18.3 Å². The monoisotopic (exact) mass is 524 g/mol. The predicted octanol–water partition coefficient (Wildman–Crippen LogP) is 5.00. The van der Waals surface area contributed by atoms with E-state index in [-0.39, 0.29) is 40.6 Å². The van der Waals surface area contributed by atoms with Crippen LogP contribution in [0.15, 0.2) is 30.6 Å². The van der Waals surface area contributed by atoms with Crippen molar-refractivity contribution in [3.8, 4) is 22.5 Å². The van der Waals surface area contributed by atoms with Crippen LogP contribution in [0, 0.1) is 5.82 Å². The number of carbonyl (C=O) groups excluding carboxylic acids is 1. The van der Waals surface area contributed by atoms with Crippen LogP contribution < -0.4 is 0 Å². The summed E-state index contributed by atoms with van der Waals surface area (Å²) in [5.74, 6) is 0.105. The van der Waals surface area contributed by atoms with Gasteiger partial charge in [-0.2, -0.15) is 5.10 Å². The standard InChI is InChI=1S/C27H27F3N6O2/c1-14-27(37)34(2)13-21-24(33-26(36(14)21)15-6-8-38-9-7-15)22-17-10-18(25(29)30)23(16-11-31-35(3)12-16)32-20(17)5-4-19(22)28/h4-5,10-12,14-15,25H,6-9,13H2,1-3H3/t14-/m1/s1. The molecule has 1 amide bonds. The van der Waals surface area contributed by atoms with Gasteiger partial charge in [-0.15, -0.1) is 0 Å². The number of ether oxygens (including phenoxy) is 1. The van der Waals surface area contributed by atoms with E-state index in [4.69, 9.17) is 9.72 Å². The van der Waals surface area contributed by atoms with Crippen molar-refractivity contribution in [2.75, 3.05) is 20.3 Å². The van der Waals surface area contributed by atoms with Crippen LogP contribution in [0.4, 0.5) is 13.2 Å². The van der Waals surface area contributed by atoms with Crippen LogP contribution >= 0.6 is 0 Å². The minimum atomic E-state index is -2.84. The lowest BCUT2D eigenvalue weighted by atomic mass is 9.98. The maximum atomic E-state index is 15.7. The zero-order valence-corrected chi connectivity index (χ0v) is 21.3. The minimum Gasteiger partial charge on any atom is -0.381 e. The minimum absolute atomic E-state index is 0.0416. The van der Waals surface area contributed by atoms with Crippen LogP contribution in [-0.4, -0.2) is 55.4 Å². The number of nitrogens with zero attached hydrogens (tertiary/aromatic N) is 6. The molecular weight excluding hydrogens is 497 g/mol. The SMILES string of the molecule is C[C@@H]1C(=O)N(C)Cc2c(-c3c(F)ccc4nc(-c5cnn(C)c5)c(C(F)F)cc34)nc(C3CCOCC3)n21. The van der Waals surface area contributed by atoms with Crippen LogP contribution in [0.25, 0.3) is 33.4 Å². The highest BCUT2D eigenvalue weighted by Gasteiger charge is 2.37. The van der Waals surface area contributed by atoms with Crippen LogP contribution in [-0.2, 0) is 23.1 Å². The average molecular weight is 525 g/mol. The number of benzene rings is 1. The molecule has 2 aliphatic heterocycles. The molecule has 2 aliphatic rings. The third-order valence-corrected chi connectivity index (χ3v) is 7.56. The smallest absolute Gasteiger partial charge is 0.265 e. The number of alkyl halides is 2. The van der Waals surface area contributed by atoms with E-state index in [1.807, 2.05) is 11.5 Å². The van der Waals surface area contributed by atoms with E-state index >= 15 is 4.39 Å². The highest BCUT2D eigenvalue weighted by atomic mass is 19.3. The number of amides is 1. The number of aromatic nitrogens is 5. The lowest BCUT2D eigenvalue weighted by Crippen LogP contribution is -2.40. The Kier molecular flexibility index (Phi) is 5.97. The van der Waals surface area contributed by atoms with Gasteiger partial charge in [0.1, 0.15) is 17.7 Å². The number of likely N-dealkylation sites (N-methyl/N-ethyl adjacent to an activating group) is 1. The van der Waals surface area contributed by atoms with Gasteiger partial charge in [0.05, 0.1) is 35.3 Å². The van der Waals surface area contributed by atoms with Crippen molar-refractivity contribution in [2.45, 2.75) is 44.7 Å². The van der Waals surface area contributed by atoms with Crippen molar-refractivity contribution in [3.05, 3.63) is 53.5 Å². The third kappa shape index (κ3) is 3.87. The van der Waals surface area contributed by atoms with E-state index in [9.17, 15) is 13.6 Å². The van der Waals surface area contributed by atoms with Crippen LogP contribution in [0.3, 0.4) is 0 Å². The highest BCUT2D eigenvalue weighted by Crippen LogP contribution is 2.42. The molecule has 11 heteroatoms. The van der Waals surface area contributed by atoms with Gasteiger partial charge in [0.25, 0.3) is 6.43 Å². The van der Waals surface area contributed by atoms with Crippen LogP contribution in [0.1, 0.15) is 55.2 Å². The van der Waals surface area contributed by atoms with Crippen LogP contribution in [0.2, 0.25) is 0 Å². The van der Waals surface area contributed by atoms with Crippen molar-refractivity contribution in [1.82, 2.24) is 29.2 Å². The molecule has 1 fully saturated rings. The summed E-state index contributed by atoms with van der Waals surface area (Å²) in [5, 5.41) is 4.34. The molecule has 0 radical (unpaired) electrons. The fourth-order valence-corrected chi connectivity index (χ4v) is 5.66. The fraction of sp³-hybridized carbons (Fsp3) is 0.407. The molecule has 8 nitrogen and oxygen atoms in total. The maximum Gasteiger partial charge on any atom is 0.265 e. The van der Waals surface area contributed by atoms with Crippen molar-refractivity contribution in [3.63, 3.8) is 0 Å². The molecule has 0 spiro atoms. The fourth-order valence-electron chi connectivity index (χ4n) is 5.66. The quantitative estimate of drug-likeness (QED) is 0.375. The lowest BCUT2D eigenvalue weighted by molar-refractivity contribution is -0.135. The molecular formula is C27H27F3N6O2. The number of aryl methyl sites for hydroxylation is 1. The Balaban J connectivity index is 1.61. The lowest BCUT2D eigenvalue weighted by Gasteiger charge is -2.32.